The van der Waals surface area contributed by atoms with Crippen molar-refractivity contribution < 1.29 is 9.18 Å². The van der Waals surface area contributed by atoms with Crippen LogP contribution in [0.2, 0.25) is 0 Å². The van der Waals surface area contributed by atoms with Crippen LogP contribution < -0.4 is 5.32 Å². The Morgan fingerprint density at radius 2 is 1.90 bits per heavy atom. The van der Waals surface area contributed by atoms with Gasteiger partial charge in [-0.25, -0.2) is 4.39 Å². The predicted octanol–water partition coefficient (Wildman–Crippen LogP) is 4.18. The summed E-state index contributed by atoms with van der Waals surface area (Å²) in [5.74, 6) is -0.432. The van der Waals surface area contributed by atoms with Crippen molar-refractivity contribution >= 4 is 17.2 Å². The molecule has 2 nitrogen and oxygen atoms in total. The van der Waals surface area contributed by atoms with Gasteiger partial charge in [0, 0.05) is 11.8 Å². The first-order chi connectivity index (χ1) is 10.2. The van der Waals surface area contributed by atoms with Gasteiger partial charge in [0.15, 0.2) is 0 Å². The Kier molecular flexibility index (Phi) is 3.82. The number of aryl methyl sites for hydroxylation is 1. The van der Waals surface area contributed by atoms with Crippen molar-refractivity contribution in [2.75, 3.05) is 5.32 Å². The third kappa shape index (κ3) is 3.19. The smallest absolute Gasteiger partial charge is 0.248 e. The van der Waals surface area contributed by atoms with Gasteiger partial charge in [-0.3, -0.25) is 4.79 Å². The highest BCUT2D eigenvalue weighted by atomic mass is 19.1. The molecule has 0 bridgehead atoms. The number of rotatable bonds is 2. The summed E-state index contributed by atoms with van der Waals surface area (Å²) in [5.41, 5.74) is 3.64. The van der Waals surface area contributed by atoms with Crippen LogP contribution in [-0.4, -0.2) is 5.91 Å². The van der Waals surface area contributed by atoms with E-state index in [1.165, 1.54) is 12.1 Å². The SMILES string of the molecule is O=C(/C=C1\CCCc2ccc(F)cc21)Nc1ccccc1. The maximum atomic E-state index is 13.4. The van der Waals surface area contributed by atoms with Crippen LogP contribution in [0.25, 0.3) is 5.57 Å². The number of allylic oxidation sites excluding steroid dienone is 1. The minimum atomic E-state index is -0.259. The number of carbonyl (C=O) groups excluding carboxylic acids is 1. The Morgan fingerprint density at radius 1 is 1.10 bits per heavy atom. The summed E-state index contributed by atoms with van der Waals surface area (Å²) < 4.78 is 13.4. The number of hydrogen-bond acceptors (Lipinski definition) is 1. The zero-order chi connectivity index (χ0) is 14.7. The lowest BCUT2D eigenvalue weighted by Crippen LogP contribution is -2.10. The first kappa shape index (κ1) is 13.6. The van der Waals surface area contributed by atoms with Gasteiger partial charge in [0.2, 0.25) is 5.91 Å². The molecule has 0 spiro atoms. The zero-order valence-electron chi connectivity index (χ0n) is 11.6. The van der Waals surface area contributed by atoms with E-state index in [4.69, 9.17) is 0 Å². The van der Waals surface area contributed by atoms with E-state index in [1.807, 2.05) is 36.4 Å². The van der Waals surface area contributed by atoms with Gasteiger partial charge in [-0.05, 0) is 60.2 Å². The molecule has 3 heteroatoms. The first-order valence-corrected chi connectivity index (χ1v) is 7.08. The fourth-order valence-corrected chi connectivity index (χ4v) is 2.68. The number of hydrogen-bond donors (Lipinski definition) is 1. The lowest BCUT2D eigenvalue weighted by Gasteiger charge is -2.19. The Balaban J connectivity index is 1.84. The molecule has 2 aromatic carbocycles. The molecule has 0 aromatic heterocycles. The molecule has 1 N–H and O–H groups in total. The van der Waals surface area contributed by atoms with Crippen molar-refractivity contribution in [2.24, 2.45) is 0 Å². The largest absolute Gasteiger partial charge is 0.323 e. The van der Waals surface area contributed by atoms with E-state index >= 15 is 0 Å². The number of amides is 1. The third-order valence-corrected chi connectivity index (χ3v) is 3.66. The molecule has 0 fully saturated rings. The topological polar surface area (TPSA) is 29.1 Å². The van der Waals surface area contributed by atoms with Crippen LogP contribution in [0.4, 0.5) is 10.1 Å². The highest BCUT2D eigenvalue weighted by Gasteiger charge is 2.15. The van der Waals surface area contributed by atoms with Crippen molar-refractivity contribution in [3.05, 3.63) is 71.6 Å². The fourth-order valence-electron chi connectivity index (χ4n) is 2.68. The second-order valence-electron chi connectivity index (χ2n) is 5.18. The Bertz CT molecular complexity index is 692. The monoisotopic (exact) mass is 281 g/mol. The molecule has 0 heterocycles. The van der Waals surface area contributed by atoms with Gasteiger partial charge in [-0.1, -0.05) is 24.3 Å². The second kappa shape index (κ2) is 5.92. The van der Waals surface area contributed by atoms with Crippen molar-refractivity contribution in [1.82, 2.24) is 0 Å². The number of para-hydroxylation sites is 1. The van der Waals surface area contributed by atoms with Crippen LogP contribution in [0.3, 0.4) is 0 Å². The Morgan fingerprint density at radius 3 is 2.71 bits per heavy atom. The van der Waals surface area contributed by atoms with Gasteiger partial charge < -0.3 is 5.32 Å². The van der Waals surface area contributed by atoms with Gasteiger partial charge in [-0.2, -0.15) is 0 Å². The average Bonchev–Trinajstić information content (AvgIpc) is 2.49. The van der Waals surface area contributed by atoms with Crippen molar-refractivity contribution in [1.29, 1.82) is 0 Å². The van der Waals surface area contributed by atoms with Gasteiger partial charge in [0.25, 0.3) is 0 Å². The molecule has 106 valence electrons. The molecular weight excluding hydrogens is 265 g/mol. The van der Waals surface area contributed by atoms with Crippen LogP contribution >= 0.6 is 0 Å². The van der Waals surface area contributed by atoms with E-state index < -0.39 is 0 Å². The van der Waals surface area contributed by atoms with Crippen LogP contribution in [0.1, 0.15) is 24.0 Å². The van der Waals surface area contributed by atoms with Crippen LogP contribution in [0.5, 0.6) is 0 Å². The molecule has 21 heavy (non-hydrogen) atoms. The molecule has 0 radical (unpaired) electrons. The minimum absolute atomic E-state index is 0.173. The summed E-state index contributed by atoms with van der Waals surface area (Å²) in [6.07, 6.45) is 4.32. The second-order valence-corrected chi connectivity index (χ2v) is 5.18. The van der Waals surface area contributed by atoms with Gasteiger partial charge >= 0.3 is 0 Å². The number of carbonyl (C=O) groups is 1. The Labute approximate surface area is 123 Å². The number of fused-ring (bicyclic) bond motifs is 1. The lowest BCUT2D eigenvalue weighted by molar-refractivity contribution is -0.111. The summed E-state index contributed by atoms with van der Waals surface area (Å²) in [7, 11) is 0. The van der Waals surface area contributed by atoms with Gasteiger partial charge in [0.05, 0.1) is 0 Å². The van der Waals surface area contributed by atoms with Crippen LogP contribution in [0.15, 0.2) is 54.6 Å². The normalized spacial score (nSPS) is 15.6. The Hall–Kier alpha value is -2.42. The zero-order valence-corrected chi connectivity index (χ0v) is 11.6. The number of nitrogens with one attached hydrogen (secondary N) is 1. The highest BCUT2D eigenvalue weighted by molar-refractivity contribution is 6.04. The molecule has 1 aliphatic carbocycles. The minimum Gasteiger partial charge on any atom is -0.323 e. The van der Waals surface area contributed by atoms with E-state index in [2.05, 4.69) is 5.32 Å². The maximum absolute atomic E-state index is 13.4. The number of halogens is 1. The first-order valence-electron chi connectivity index (χ1n) is 7.08. The summed E-state index contributed by atoms with van der Waals surface area (Å²) in [6, 6.07) is 14.1. The molecule has 1 aliphatic rings. The number of benzene rings is 2. The average molecular weight is 281 g/mol. The molecule has 0 unspecified atom stereocenters. The molecule has 3 rings (SSSR count). The van der Waals surface area contributed by atoms with E-state index in [1.54, 1.807) is 6.08 Å². The maximum Gasteiger partial charge on any atom is 0.248 e. The summed E-state index contributed by atoms with van der Waals surface area (Å²) >= 11 is 0. The molecule has 0 saturated heterocycles. The molecule has 0 saturated carbocycles. The summed E-state index contributed by atoms with van der Waals surface area (Å²) in [5, 5.41) is 2.83. The van der Waals surface area contributed by atoms with Crippen molar-refractivity contribution in [3.63, 3.8) is 0 Å². The van der Waals surface area contributed by atoms with E-state index in [9.17, 15) is 9.18 Å². The van der Waals surface area contributed by atoms with E-state index in [-0.39, 0.29) is 11.7 Å². The van der Waals surface area contributed by atoms with Crippen LogP contribution in [-0.2, 0) is 11.2 Å². The van der Waals surface area contributed by atoms with E-state index in [0.29, 0.717) is 0 Å². The molecular formula is C18H16FNO. The lowest BCUT2D eigenvalue weighted by atomic mass is 9.87. The van der Waals surface area contributed by atoms with Crippen molar-refractivity contribution in [3.8, 4) is 0 Å². The number of anilines is 1. The fraction of sp³-hybridized carbons (Fsp3) is 0.167. The highest BCUT2D eigenvalue weighted by Crippen LogP contribution is 2.31. The van der Waals surface area contributed by atoms with Crippen LogP contribution in [0, 0.1) is 5.82 Å². The summed E-state index contributed by atoms with van der Waals surface area (Å²) in [4.78, 5) is 12.1. The van der Waals surface area contributed by atoms with E-state index in [0.717, 1.165) is 41.6 Å². The molecule has 0 aliphatic heterocycles. The molecule has 0 atom stereocenters. The standard InChI is InChI=1S/C18H16FNO/c19-15-10-9-13-5-4-6-14(17(13)12-15)11-18(21)20-16-7-2-1-3-8-16/h1-3,7-12H,4-6H2,(H,20,21)/b14-11+. The van der Waals surface area contributed by atoms with Gasteiger partial charge in [-0.15, -0.1) is 0 Å². The van der Waals surface area contributed by atoms with Crippen molar-refractivity contribution in [2.45, 2.75) is 19.3 Å². The molecule has 2 aromatic rings. The molecule has 1 amide bonds. The van der Waals surface area contributed by atoms with Gasteiger partial charge in [0.1, 0.15) is 5.82 Å². The quantitative estimate of drug-likeness (QED) is 0.822. The predicted molar refractivity (Wildman–Crippen MR) is 82.4 cm³/mol. The summed E-state index contributed by atoms with van der Waals surface area (Å²) in [6.45, 7) is 0. The third-order valence-electron chi connectivity index (χ3n) is 3.66.